The lowest BCUT2D eigenvalue weighted by Gasteiger charge is -2.07. The highest BCUT2D eigenvalue weighted by molar-refractivity contribution is 5.94. The van der Waals surface area contributed by atoms with Gasteiger partial charge in [0.15, 0.2) is 0 Å². The van der Waals surface area contributed by atoms with Crippen LogP contribution in [0.15, 0.2) is 42.7 Å². The number of pyridine rings is 1. The second-order valence-electron chi connectivity index (χ2n) is 5.05. The van der Waals surface area contributed by atoms with Crippen LogP contribution in [0.2, 0.25) is 0 Å². The number of fused-ring (bicyclic) bond motifs is 1. The Kier molecular flexibility index (Phi) is 4.52. The molecule has 0 saturated heterocycles. The summed E-state index contributed by atoms with van der Waals surface area (Å²) in [5.74, 6) is 0.196. The van der Waals surface area contributed by atoms with E-state index in [4.69, 9.17) is 9.47 Å². The SMILES string of the molecule is O=C(NCCOC(=O)c1ccc2c(c1)CCO2)c1ccncc1. The largest absolute Gasteiger partial charge is 0.493 e. The van der Waals surface area contributed by atoms with E-state index >= 15 is 0 Å². The zero-order valence-electron chi connectivity index (χ0n) is 12.5. The van der Waals surface area contributed by atoms with Crippen LogP contribution < -0.4 is 10.1 Å². The minimum absolute atomic E-state index is 0.114. The van der Waals surface area contributed by atoms with Gasteiger partial charge in [0, 0.05) is 24.4 Å². The Balaban J connectivity index is 1.45. The number of hydrogen-bond acceptors (Lipinski definition) is 5. The molecule has 118 valence electrons. The summed E-state index contributed by atoms with van der Waals surface area (Å²) in [7, 11) is 0. The van der Waals surface area contributed by atoms with Crippen LogP contribution in [0, 0.1) is 0 Å². The van der Waals surface area contributed by atoms with E-state index in [0.29, 0.717) is 17.7 Å². The van der Waals surface area contributed by atoms with Gasteiger partial charge < -0.3 is 14.8 Å². The molecule has 23 heavy (non-hydrogen) atoms. The van der Waals surface area contributed by atoms with Crippen LogP contribution in [0.1, 0.15) is 26.3 Å². The number of amides is 1. The summed E-state index contributed by atoms with van der Waals surface area (Å²) < 4.78 is 10.6. The smallest absolute Gasteiger partial charge is 0.338 e. The first-order valence-corrected chi connectivity index (χ1v) is 7.35. The lowest BCUT2D eigenvalue weighted by molar-refractivity contribution is 0.0503. The van der Waals surface area contributed by atoms with Gasteiger partial charge in [-0.05, 0) is 35.9 Å². The van der Waals surface area contributed by atoms with Crippen molar-refractivity contribution in [3.63, 3.8) is 0 Å². The fourth-order valence-corrected chi connectivity index (χ4v) is 2.31. The number of carbonyl (C=O) groups is 2. The molecule has 0 radical (unpaired) electrons. The first-order valence-electron chi connectivity index (χ1n) is 7.35. The zero-order valence-corrected chi connectivity index (χ0v) is 12.5. The third-order valence-corrected chi connectivity index (χ3v) is 3.49. The second kappa shape index (κ2) is 6.91. The highest BCUT2D eigenvalue weighted by Crippen LogP contribution is 2.26. The van der Waals surface area contributed by atoms with Crippen LogP contribution in [-0.2, 0) is 11.2 Å². The zero-order chi connectivity index (χ0) is 16.1. The number of rotatable bonds is 5. The fourth-order valence-electron chi connectivity index (χ4n) is 2.31. The van der Waals surface area contributed by atoms with Crippen LogP contribution in [0.3, 0.4) is 0 Å². The topological polar surface area (TPSA) is 77.5 Å². The van der Waals surface area contributed by atoms with Gasteiger partial charge in [0.1, 0.15) is 12.4 Å². The van der Waals surface area contributed by atoms with Crippen LogP contribution in [-0.4, -0.2) is 36.6 Å². The molecule has 3 rings (SSSR count). The Hall–Kier alpha value is -2.89. The van der Waals surface area contributed by atoms with Crippen molar-refractivity contribution in [2.45, 2.75) is 6.42 Å². The molecule has 2 aromatic rings. The molecule has 1 aromatic heterocycles. The Morgan fingerprint density at radius 1 is 1.17 bits per heavy atom. The number of ether oxygens (including phenoxy) is 2. The number of nitrogens with one attached hydrogen (secondary N) is 1. The normalized spacial score (nSPS) is 12.2. The highest BCUT2D eigenvalue weighted by Gasteiger charge is 2.15. The Morgan fingerprint density at radius 2 is 2.00 bits per heavy atom. The van der Waals surface area contributed by atoms with Crippen molar-refractivity contribution in [1.82, 2.24) is 10.3 Å². The molecule has 1 N–H and O–H groups in total. The maximum absolute atomic E-state index is 12.0. The van der Waals surface area contributed by atoms with E-state index in [1.807, 2.05) is 0 Å². The van der Waals surface area contributed by atoms with Crippen molar-refractivity contribution >= 4 is 11.9 Å². The van der Waals surface area contributed by atoms with E-state index in [-0.39, 0.29) is 19.1 Å². The van der Waals surface area contributed by atoms with Crippen molar-refractivity contribution in [3.05, 3.63) is 59.4 Å². The predicted molar refractivity (Wildman–Crippen MR) is 82.5 cm³/mol. The van der Waals surface area contributed by atoms with Crippen LogP contribution in [0.4, 0.5) is 0 Å². The third-order valence-electron chi connectivity index (χ3n) is 3.49. The maximum atomic E-state index is 12.0. The van der Waals surface area contributed by atoms with Gasteiger partial charge >= 0.3 is 5.97 Å². The van der Waals surface area contributed by atoms with Crippen molar-refractivity contribution in [2.75, 3.05) is 19.8 Å². The minimum Gasteiger partial charge on any atom is -0.493 e. The molecule has 6 heteroatoms. The van der Waals surface area contributed by atoms with Gasteiger partial charge in [-0.2, -0.15) is 0 Å². The minimum atomic E-state index is -0.405. The molecular formula is C17H16N2O4. The van der Waals surface area contributed by atoms with E-state index in [1.54, 1.807) is 42.7 Å². The summed E-state index contributed by atoms with van der Waals surface area (Å²) in [6.07, 6.45) is 3.90. The number of aromatic nitrogens is 1. The van der Waals surface area contributed by atoms with E-state index in [2.05, 4.69) is 10.3 Å². The molecule has 1 aliphatic heterocycles. The Bertz CT molecular complexity index is 716. The molecular weight excluding hydrogens is 296 g/mol. The van der Waals surface area contributed by atoms with Crippen molar-refractivity contribution in [2.24, 2.45) is 0 Å². The fraction of sp³-hybridized carbons (Fsp3) is 0.235. The first kappa shape index (κ1) is 15.0. The molecule has 0 unspecified atom stereocenters. The van der Waals surface area contributed by atoms with Crippen LogP contribution in [0.25, 0.3) is 0 Å². The molecule has 0 atom stereocenters. The molecule has 0 bridgehead atoms. The number of esters is 1. The third kappa shape index (κ3) is 3.66. The summed E-state index contributed by atoms with van der Waals surface area (Å²) in [5.41, 5.74) is 2.03. The van der Waals surface area contributed by atoms with Gasteiger partial charge in [0.25, 0.3) is 5.91 Å². The van der Waals surface area contributed by atoms with Gasteiger partial charge in [-0.25, -0.2) is 4.79 Å². The Labute approximate surface area is 133 Å². The quantitative estimate of drug-likeness (QED) is 0.670. The average molecular weight is 312 g/mol. The maximum Gasteiger partial charge on any atom is 0.338 e. The molecule has 1 amide bonds. The molecule has 1 aromatic carbocycles. The van der Waals surface area contributed by atoms with Gasteiger partial charge in [-0.15, -0.1) is 0 Å². The number of hydrogen-bond donors (Lipinski definition) is 1. The number of nitrogens with zero attached hydrogens (tertiary/aromatic N) is 1. The molecule has 0 aliphatic carbocycles. The van der Waals surface area contributed by atoms with Crippen molar-refractivity contribution in [1.29, 1.82) is 0 Å². The summed E-state index contributed by atoms with van der Waals surface area (Å²) in [6, 6.07) is 8.49. The monoisotopic (exact) mass is 312 g/mol. The molecule has 0 spiro atoms. The number of benzene rings is 1. The molecule has 0 saturated carbocycles. The lowest BCUT2D eigenvalue weighted by atomic mass is 10.1. The van der Waals surface area contributed by atoms with Crippen molar-refractivity contribution in [3.8, 4) is 5.75 Å². The van der Waals surface area contributed by atoms with Gasteiger partial charge in [0.05, 0.1) is 18.7 Å². The summed E-state index contributed by atoms with van der Waals surface area (Å²) in [5, 5.41) is 2.68. The summed E-state index contributed by atoms with van der Waals surface area (Å²) in [4.78, 5) is 27.6. The molecule has 0 fully saturated rings. The first-order chi connectivity index (χ1) is 11.2. The van der Waals surface area contributed by atoms with E-state index in [0.717, 1.165) is 17.7 Å². The van der Waals surface area contributed by atoms with Crippen LogP contribution >= 0.6 is 0 Å². The Morgan fingerprint density at radius 3 is 2.83 bits per heavy atom. The van der Waals surface area contributed by atoms with E-state index < -0.39 is 5.97 Å². The van der Waals surface area contributed by atoms with Crippen LogP contribution in [0.5, 0.6) is 5.75 Å². The lowest BCUT2D eigenvalue weighted by Crippen LogP contribution is -2.28. The number of carbonyl (C=O) groups excluding carboxylic acids is 2. The van der Waals surface area contributed by atoms with E-state index in [1.165, 1.54) is 0 Å². The average Bonchev–Trinajstić information content (AvgIpc) is 3.06. The van der Waals surface area contributed by atoms with Gasteiger partial charge in [0.2, 0.25) is 0 Å². The summed E-state index contributed by atoms with van der Waals surface area (Å²) >= 11 is 0. The van der Waals surface area contributed by atoms with Gasteiger partial charge in [-0.3, -0.25) is 9.78 Å². The van der Waals surface area contributed by atoms with Gasteiger partial charge in [-0.1, -0.05) is 0 Å². The van der Waals surface area contributed by atoms with E-state index in [9.17, 15) is 9.59 Å². The van der Waals surface area contributed by atoms with Crippen molar-refractivity contribution < 1.29 is 19.1 Å². The molecule has 2 heterocycles. The summed E-state index contributed by atoms with van der Waals surface area (Å²) in [6.45, 7) is 1.01. The molecule has 6 nitrogen and oxygen atoms in total. The second-order valence-corrected chi connectivity index (χ2v) is 5.05. The predicted octanol–water partition coefficient (Wildman–Crippen LogP) is 1.60. The highest BCUT2D eigenvalue weighted by atomic mass is 16.5. The standard InChI is InChI=1S/C17H16N2O4/c20-16(12-3-6-18-7-4-12)19-8-10-23-17(21)14-1-2-15-13(11-14)5-9-22-15/h1-4,6-7,11H,5,8-10H2,(H,19,20). The molecule has 1 aliphatic rings.